The van der Waals surface area contributed by atoms with Crippen molar-refractivity contribution in [3.63, 3.8) is 0 Å². The summed E-state index contributed by atoms with van der Waals surface area (Å²) in [6.07, 6.45) is -0.617. The molecule has 1 unspecified atom stereocenters. The Bertz CT molecular complexity index is 563. The molecule has 2 rings (SSSR count). The van der Waals surface area contributed by atoms with E-state index in [9.17, 15) is 5.11 Å². The van der Waals surface area contributed by atoms with Crippen LogP contribution in [0.25, 0.3) is 0 Å². The number of aliphatic hydroxyl groups excluding tert-OH is 1. The maximum absolute atomic E-state index is 10.4. The van der Waals surface area contributed by atoms with Crippen LogP contribution in [-0.4, -0.2) is 5.11 Å². The van der Waals surface area contributed by atoms with Crippen molar-refractivity contribution >= 4 is 27.5 Å². The predicted molar refractivity (Wildman–Crippen MR) is 79.1 cm³/mol. The van der Waals surface area contributed by atoms with Crippen LogP contribution < -0.4 is 0 Å². The van der Waals surface area contributed by atoms with Crippen LogP contribution in [0.3, 0.4) is 0 Å². The van der Waals surface area contributed by atoms with Gasteiger partial charge in [-0.15, -0.1) is 0 Å². The molecule has 0 aliphatic rings. The first kappa shape index (κ1) is 13.6. The van der Waals surface area contributed by atoms with Crippen molar-refractivity contribution in [3.8, 4) is 0 Å². The van der Waals surface area contributed by atoms with Crippen molar-refractivity contribution in [1.82, 2.24) is 0 Å². The van der Waals surface area contributed by atoms with Gasteiger partial charge >= 0.3 is 0 Å². The van der Waals surface area contributed by atoms with Crippen LogP contribution in [0.2, 0.25) is 5.02 Å². The summed E-state index contributed by atoms with van der Waals surface area (Å²) in [5.41, 5.74) is 3.76. The summed E-state index contributed by atoms with van der Waals surface area (Å²) in [4.78, 5) is 0. The van der Waals surface area contributed by atoms with Crippen molar-refractivity contribution < 1.29 is 5.11 Å². The first-order valence-electron chi connectivity index (χ1n) is 5.69. The Hall–Kier alpha value is -0.830. The Morgan fingerprint density at radius 2 is 1.67 bits per heavy atom. The van der Waals surface area contributed by atoms with Gasteiger partial charge in [0, 0.05) is 9.50 Å². The monoisotopic (exact) mass is 324 g/mol. The maximum Gasteiger partial charge on any atom is 0.104 e. The van der Waals surface area contributed by atoms with Crippen LogP contribution in [0.4, 0.5) is 0 Å². The second-order valence-electron chi connectivity index (χ2n) is 4.41. The molecule has 0 aromatic heterocycles. The van der Waals surface area contributed by atoms with Gasteiger partial charge < -0.3 is 5.11 Å². The van der Waals surface area contributed by atoms with Gasteiger partial charge in [-0.3, -0.25) is 0 Å². The lowest BCUT2D eigenvalue weighted by Gasteiger charge is -2.16. The second kappa shape index (κ2) is 5.43. The fourth-order valence-electron chi connectivity index (χ4n) is 1.92. The molecule has 0 radical (unpaired) electrons. The van der Waals surface area contributed by atoms with Crippen LogP contribution in [0.5, 0.6) is 0 Å². The first-order valence-corrected chi connectivity index (χ1v) is 6.86. The number of hydrogen-bond donors (Lipinski definition) is 1. The minimum Gasteiger partial charge on any atom is -0.384 e. The third-order valence-electron chi connectivity index (χ3n) is 3.03. The molecule has 0 amide bonds. The minimum atomic E-state index is -0.617. The Balaban J connectivity index is 2.42. The molecule has 1 nitrogen and oxygen atoms in total. The van der Waals surface area contributed by atoms with Gasteiger partial charge in [-0.05, 0) is 54.3 Å². The summed E-state index contributed by atoms with van der Waals surface area (Å²) < 4.78 is 1.00. The van der Waals surface area contributed by atoms with Gasteiger partial charge in [-0.1, -0.05) is 45.7 Å². The molecule has 0 fully saturated rings. The number of aryl methyl sites for hydroxylation is 2. The van der Waals surface area contributed by atoms with E-state index in [2.05, 4.69) is 15.9 Å². The average molecular weight is 326 g/mol. The van der Waals surface area contributed by atoms with Gasteiger partial charge in [0.1, 0.15) is 6.10 Å². The Morgan fingerprint density at radius 1 is 1.06 bits per heavy atom. The largest absolute Gasteiger partial charge is 0.384 e. The fourth-order valence-corrected chi connectivity index (χ4v) is 2.41. The zero-order valence-electron chi connectivity index (χ0n) is 10.2. The van der Waals surface area contributed by atoms with E-state index in [4.69, 9.17) is 11.6 Å². The molecule has 3 heteroatoms. The summed E-state index contributed by atoms with van der Waals surface area (Å²) >= 11 is 9.46. The summed E-state index contributed by atoms with van der Waals surface area (Å²) in [5.74, 6) is 0. The topological polar surface area (TPSA) is 20.2 Å². The molecule has 0 spiro atoms. The summed E-state index contributed by atoms with van der Waals surface area (Å²) in [7, 11) is 0. The van der Waals surface area contributed by atoms with Crippen molar-refractivity contribution in [2.24, 2.45) is 0 Å². The van der Waals surface area contributed by atoms with Crippen LogP contribution in [0.1, 0.15) is 28.4 Å². The molecule has 2 aromatic carbocycles. The lowest BCUT2D eigenvalue weighted by Crippen LogP contribution is -2.02. The third kappa shape index (κ3) is 2.77. The van der Waals surface area contributed by atoms with Crippen LogP contribution in [0, 0.1) is 13.8 Å². The molecule has 0 aliphatic heterocycles. The summed E-state index contributed by atoms with van der Waals surface area (Å²) in [5, 5.41) is 11.2. The van der Waals surface area contributed by atoms with Gasteiger partial charge in [-0.2, -0.15) is 0 Å². The number of benzene rings is 2. The predicted octanol–water partition coefficient (Wildman–Crippen LogP) is 4.80. The van der Waals surface area contributed by atoms with Crippen LogP contribution >= 0.6 is 27.5 Å². The summed E-state index contributed by atoms with van der Waals surface area (Å²) in [6, 6.07) is 11.5. The first-order chi connectivity index (χ1) is 8.49. The molecule has 0 heterocycles. The van der Waals surface area contributed by atoms with E-state index in [-0.39, 0.29) is 0 Å². The highest BCUT2D eigenvalue weighted by Crippen LogP contribution is 2.29. The van der Waals surface area contributed by atoms with E-state index in [1.54, 1.807) is 0 Å². The molecule has 0 bridgehead atoms. The number of rotatable bonds is 2. The van der Waals surface area contributed by atoms with Crippen molar-refractivity contribution in [3.05, 3.63) is 68.1 Å². The van der Waals surface area contributed by atoms with E-state index in [1.165, 1.54) is 0 Å². The van der Waals surface area contributed by atoms with Crippen molar-refractivity contribution in [1.29, 1.82) is 0 Å². The normalized spacial score (nSPS) is 12.5. The zero-order chi connectivity index (χ0) is 13.3. The maximum atomic E-state index is 10.4. The lowest BCUT2D eigenvalue weighted by atomic mass is 9.96. The third-order valence-corrected chi connectivity index (χ3v) is 3.96. The van der Waals surface area contributed by atoms with Crippen molar-refractivity contribution in [2.75, 3.05) is 0 Å². The van der Waals surface area contributed by atoms with E-state index in [0.29, 0.717) is 0 Å². The number of hydrogen-bond acceptors (Lipinski definition) is 1. The van der Waals surface area contributed by atoms with Crippen molar-refractivity contribution in [2.45, 2.75) is 20.0 Å². The average Bonchev–Trinajstić information content (AvgIpc) is 2.34. The van der Waals surface area contributed by atoms with E-state index in [0.717, 1.165) is 31.7 Å². The molecule has 0 aliphatic carbocycles. The Morgan fingerprint density at radius 3 is 2.28 bits per heavy atom. The second-order valence-corrected chi connectivity index (χ2v) is 5.73. The number of halogens is 2. The lowest BCUT2D eigenvalue weighted by molar-refractivity contribution is 0.219. The van der Waals surface area contributed by atoms with Gasteiger partial charge in [0.2, 0.25) is 0 Å². The molecular weight excluding hydrogens is 312 g/mol. The molecule has 0 saturated carbocycles. The van der Waals surface area contributed by atoms with Gasteiger partial charge in [0.25, 0.3) is 0 Å². The summed E-state index contributed by atoms with van der Waals surface area (Å²) in [6.45, 7) is 3.91. The number of aliphatic hydroxyl groups is 1. The Kier molecular flexibility index (Phi) is 4.10. The van der Waals surface area contributed by atoms with Gasteiger partial charge in [-0.25, -0.2) is 0 Å². The molecule has 94 valence electrons. The quantitative estimate of drug-likeness (QED) is 0.841. The van der Waals surface area contributed by atoms with E-state index >= 15 is 0 Å². The standard InChI is InChI=1S/C15H14BrClO/c1-9-8-14(17)10(2)7-13(9)15(18)11-3-5-12(16)6-4-11/h3-8,15,18H,1-2H3. The van der Waals surface area contributed by atoms with Crippen LogP contribution in [0.15, 0.2) is 40.9 Å². The molecule has 1 N–H and O–H groups in total. The highest BCUT2D eigenvalue weighted by Gasteiger charge is 2.14. The molecule has 2 aromatic rings. The van der Waals surface area contributed by atoms with E-state index < -0.39 is 6.10 Å². The minimum absolute atomic E-state index is 0.617. The van der Waals surface area contributed by atoms with Crippen LogP contribution in [-0.2, 0) is 0 Å². The highest BCUT2D eigenvalue weighted by molar-refractivity contribution is 9.10. The van der Waals surface area contributed by atoms with Gasteiger partial charge in [0.15, 0.2) is 0 Å². The molecular formula is C15H14BrClO. The molecule has 18 heavy (non-hydrogen) atoms. The zero-order valence-corrected chi connectivity index (χ0v) is 12.6. The fraction of sp³-hybridized carbons (Fsp3) is 0.200. The highest BCUT2D eigenvalue weighted by atomic mass is 79.9. The Labute approximate surface area is 121 Å². The SMILES string of the molecule is Cc1cc(C(O)c2ccc(Br)cc2)c(C)cc1Cl. The van der Waals surface area contributed by atoms with Gasteiger partial charge in [0.05, 0.1) is 0 Å². The molecule has 1 atom stereocenters. The van der Waals surface area contributed by atoms with E-state index in [1.807, 2.05) is 50.2 Å². The molecule has 0 saturated heterocycles. The smallest absolute Gasteiger partial charge is 0.104 e.